The number of nitrogens with zero attached hydrogens (tertiary/aromatic N) is 1. The summed E-state index contributed by atoms with van der Waals surface area (Å²) in [5, 5.41) is -1.98. The molecular formula is C8H3F14NO. The average Bonchev–Trinajstić information content (AvgIpc) is 2.35. The van der Waals surface area contributed by atoms with Crippen molar-refractivity contribution in [3.63, 3.8) is 0 Å². The highest BCUT2D eigenvalue weighted by molar-refractivity contribution is 5.83. The van der Waals surface area contributed by atoms with Gasteiger partial charge in [-0.15, -0.1) is 0 Å². The van der Waals surface area contributed by atoms with Crippen LogP contribution in [0, 0.1) is 0 Å². The summed E-state index contributed by atoms with van der Waals surface area (Å²) in [6.45, 7) is 0. The van der Waals surface area contributed by atoms with E-state index in [1.807, 2.05) is 0 Å². The summed E-state index contributed by atoms with van der Waals surface area (Å²) in [5.74, 6) is -42.9. The number of alkyl halides is 13. The quantitative estimate of drug-likeness (QED) is 0.508. The van der Waals surface area contributed by atoms with Crippen LogP contribution in [0.15, 0.2) is 0 Å². The van der Waals surface area contributed by atoms with E-state index in [2.05, 4.69) is 0 Å². The summed E-state index contributed by atoms with van der Waals surface area (Å²) in [6, 6.07) is 0. The first-order valence-corrected chi connectivity index (χ1v) is 5.00. The van der Waals surface area contributed by atoms with Crippen LogP contribution in [0.2, 0.25) is 0 Å². The number of hydrogen-bond acceptors (Lipinski definition) is 1. The molecule has 0 aliphatic rings. The number of halogens is 14. The second kappa shape index (κ2) is 5.50. The second-order valence-corrected chi connectivity index (χ2v) is 4.15. The molecular weight excluding hydrogens is 392 g/mol. The lowest BCUT2D eigenvalue weighted by Crippen LogP contribution is -2.71. The molecule has 0 rings (SSSR count). The molecule has 24 heavy (non-hydrogen) atoms. The van der Waals surface area contributed by atoms with E-state index in [-0.39, 0.29) is 7.05 Å². The van der Waals surface area contributed by atoms with Crippen LogP contribution in [0.25, 0.3) is 0 Å². The Balaban J connectivity index is 6.36. The maximum Gasteiger partial charge on any atom is 0.460 e. The smallest absolute Gasteiger partial charge is 0.265 e. The Morgan fingerprint density at radius 3 is 1.17 bits per heavy atom. The van der Waals surface area contributed by atoms with Gasteiger partial charge in [0, 0.05) is 7.05 Å². The van der Waals surface area contributed by atoms with Crippen LogP contribution in [0.5, 0.6) is 0 Å². The first-order valence-electron chi connectivity index (χ1n) is 5.00. The van der Waals surface area contributed by atoms with Crippen molar-refractivity contribution in [2.24, 2.45) is 0 Å². The summed E-state index contributed by atoms with van der Waals surface area (Å²) in [6.07, 6.45) is -7.55. The largest absolute Gasteiger partial charge is 0.460 e. The van der Waals surface area contributed by atoms with Crippen LogP contribution >= 0.6 is 0 Å². The van der Waals surface area contributed by atoms with E-state index in [1.54, 1.807) is 0 Å². The lowest BCUT2D eigenvalue weighted by molar-refractivity contribution is -0.436. The Labute approximate surface area is 121 Å². The van der Waals surface area contributed by atoms with Crippen LogP contribution in [0.1, 0.15) is 0 Å². The topological polar surface area (TPSA) is 20.3 Å². The van der Waals surface area contributed by atoms with Crippen molar-refractivity contribution in [2.45, 2.75) is 35.8 Å². The van der Waals surface area contributed by atoms with E-state index in [0.29, 0.717) is 0 Å². The van der Waals surface area contributed by atoms with E-state index < -0.39 is 46.8 Å². The highest BCUT2D eigenvalue weighted by atomic mass is 19.4. The molecule has 0 aromatic rings. The van der Waals surface area contributed by atoms with Crippen LogP contribution in [-0.2, 0) is 4.79 Å². The van der Waals surface area contributed by atoms with Gasteiger partial charge in [-0.05, 0) is 0 Å². The maximum absolute atomic E-state index is 12.9. The van der Waals surface area contributed by atoms with Crippen molar-refractivity contribution in [3.8, 4) is 0 Å². The monoisotopic (exact) mass is 395 g/mol. The first-order chi connectivity index (χ1) is 10.1. The van der Waals surface area contributed by atoms with Gasteiger partial charge in [0.05, 0.1) is 0 Å². The van der Waals surface area contributed by atoms with Gasteiger partial charge < -0.3 is 0 Å². The molecule has 0 aromatic carbocycles. The summed E-state index contributed by atoms with van der Waals surface area (Å²) in [4.78, 5) is 10.4. The van der Waals surface area contributed by atoms with Crippen LogP contribution < -0.4 is 0 Å². The van der Waals surface area contributed by atoms with Gasteiger partial charge in [0.2, 0.25) is 0 Å². The van der Waals surface area contributed by atoms with Crippen molar-refractivity contribution < 1.29 is 66.4 Å². The van der Waals surface area contributed by atoms with Crippen molar-refractivity contribution in [2.75, 3.05) is 7.05 Å². The molecule has 1 amide bonds. The van der Waals surface area contributed by atoms with Gasteiger partial charge in [-0.3, -0.25) is 4.79 Å². The van der Waals surface area contributed by atoms with Crippen LogP contribution in [0.3, 0.4) is 0 Å². The van der Waals surface area contributed by atoms with Gasteiger partial charge in [-0.25, -0.2) is 0 Å². The highest BCUT2D eigenvalue weighted by Gasteiger charge is 2.91. The predicted octanol–water partition coefficient (Wildman–Crippen LogP) is 4.07. The van der Waals surface area contributed by atoms with Gasteiger partial charge in [0.15, 0.2) is 0 Å². The number of rotatable bonds is 5. The lowest BCUT2D eigenvalue weighted by Gasteiger charge is -2.39. The molecule has 0 aromatic heterocycles. The van der Waals surface area contributed by atoms with E-state index >= 15 is 0 Å². The Hall–Kier alpha value is -1.51. The van der Waals surface area contributed by atoms with E-state index in [1.165, 1.54) is 0 Å². The Bertz CT molecular complexity index is 491. The Kier molecular flexibility index (Phi) is 5.16. The zero-order valence-electron chi connectivity index (χ0n) is 10.6. The van der Waals surface area contributed by atoms with Crippen molar-refractivity contribution in [1.82, 2.24) is 5.12 Å². The molecule has 0 radical (unpaired) electrons. The Morgan fingerprint density at radius 1 is 0.625 bits per heavy atom. The fraction of sp³-hybridized carbons (Fsp3) is 0.875. The predicted molar refractivity (Wildman–Crippen MR) is 44.7 cm³/mol. The molecule has 0 spiro atoms. The fourth-order valence-corrected chi connectivity index (χ4v) is 1.10. The molecule has 144 valence electrons. The fourth-order valence-electron chi connectivity index (χ4n) is 1.10. The summed E-state index contributed by atoms with van der Waals surface area (Å²) < 4.78 is 175. The lowest BCUT2D eigenvalue weighted by atomic mass is 9.93. The van der Waals surface area contributed by atoms with Gasteiger partial charge >= 0.3 is 41.7 Å². The van der Waals surface area contributed by atoms with Gasteiger partial charge in [0.25, 0.3) is 0 Å². The minimum Gasteiger partial charge on any atom is -0.265 e. The molecule has 16 heteroatoms. The van der Waals surface area contributed by atoms with E-state index in [9.17, 15) is 66.4 Å². The minimum atomic E-state index is -8.12. The van der Waals surface area contributed by atoms with E-state index in [4.69, 9.17) is 0 Å². The molecule has 0 saturated heterocycles. The normalized spacial score (nSPS) is 15.5. The molecule has 0 fully saturated rings. The van der Waals surface area contributed by atoms with Gasteiger partial charge in [-0.1, -0.05) is 4.48 Å². The Morgan fingerprint density at radius 2 is 0.917 bits per heavy atom. The van der Waals surface area contributed by atoms with Gasteiger partial charge in [-0.2, -0.15) is 62.2 Å². The van der Waals surface area contributed by atoms with Gasteiger partial charge in [0.1, 0.15) is 0 Å². The molecule has 0 aliphatic carbocycles. The maximum atomic E-state index is 12.9. The third-order valence-corrected chi connectivity index (χ3v) is 2.48. The summed E-state index contributed by atoms with van der Waals surface area (Å²) in [7, 11) is -0.382. The molecule has 0 heterocycles. The minimum absolute atomic E-state index is 0.382. The molecule has 0 bridgehead atoms. The molecule has 0 saturated carbocycles. The molecule has 2 nitrogen and oxygen atoms in total. The van der Waals surface area contributed by atoms with Crippen molar-refractivity contribution >= 4 is 5.91 Å². The highest BCUT2D eigenvalue weighted by Crippen LogP contribution is 2.60. The SMILES string of the molecule is CN(F)C(=O)C(F)(F)C(F)(F)C(F)(F)C(F)(F)C(F)(F)C(F)(F)F. The average molecular weight is 395 g/mol. The zero-order chi connectivity index (χ0) is 20.2. The summed E-state index contributed by atoms with van der Waals surface area (Å²) >= 11 is 0. The number of amides is 1. The first kappa shape index (κ1) is 22.5. The molecule has 0 atom stereocenters. The standard InChI is InChI=1S/C8H3F14NO/c1-23(22)2(24)3(9,10)4(11,12)5(13,14)6(15,16)7(17,18)8(19,20)21/h1H3. The molecule has 0 aliphatic heterocycles. The van der Waals surface area contributed by atoms with Crippen LogP contribution in [-0.4, -0.2) is 53.9 Å². The van der Waals surface area contributed by atoms with Crippen molar-refractivity contribution in [1.29, 1.82) is 0 Å². The third kappa shape index (κ3) is 2.72. The zero-order valence-corrected chi connectivity index (χ0v) is 10.6. The summed E-state index contributed by atoms with van der Waals surface area (Å²) in [5.41, 5.74) is 0. The number of carbonyl (C=O) groups excluding carboxylic acids is 1. The molecule has 0 N–H and O–H groups in total. The van der Waals surface area contributed by atoms with Crippen LogP contribution in [0.4, 0.5) is 61.6 Å². The third-order valence-electron chi connectivity index (χ3n) is 2.48. The number of carbonyl (C=O) groups is 1. The number of hydrogen-bond donors (Lipinski definition) is 0. The molecule has 0 unspecified atom stereocenters. The van der Waals surface area contributed by atoms with Crippen molar-refractivity contribution in [3.05, 3.63) is 0 Å². The second-order valence-electron chi connectivity index (χ2n) is 4.15. The van der Waals surface area contributed by atoms with E-state index in [0.717, 1.165) is 0 Å².